The Morgan fingerprint density at radius 3 is 1.79 bits per heavy atom. The van der Waals surface area contributed by atoms with Crippen molar-refractivity contribution in [3.05, 3.63) is 227 Å². The van der Waals surface area contributed by atoms with Crippen LogP contribution in [0.1, 0.15) is 38.9 Å². The average molecular weight is 903 g/mol. The van der Waals surface area contributed by atoms with Gasteiger partial charge in [-0.2, -0.15) is 0 Å². The van der Waals surface area contributed by atoms with Gasteiger partial charge in [-0.1, -0.05) is 133 Å². The SMILES string of the molecule is C1=COc2ccccc2C1.C1=Cc2ccccc2OC1.C1=NCNc2ccccc21.C1=NCc2ccccc21.C1=Nc2ccccc2C1.c1ccc2c(c1)COCO2.c1ccc2c(c1)OCCO2. The molecule has 10 heteroatoms. The van der Waals surface area contributed by atoms with Gasteiger partial charge in [0.15, 0.2) is 18.3 Å². The van der Waals surface area contributed by atoms with Crippen LogP contribution < -0.4 is 29.0 Å². The summed E-state index contributed by atoms with van der Waals surface area (Å²) in [6.45, 7) is 4.67. The molecule has 7 aromatic rings. The number of benzene rings is 7. The van der Waals surface area contributed by atoms with Gasteiger partial charge in [-0.15, -0.1) is 0 Å². The summed E-state index contributed by atoms with van der Waals surface area (Å²) in [5, 5.41) is 3.16. The van der Waals surface area contributed by atoms with E-state index in [2.05, 4.69) is 56.7 Å². The fourth-order valence-corrected chi connectivity index (χ4v) is 7.30. The van der Waals surface area contributed by atoms with E-state index in [9.17, 15) is 0 Å². The molecule has 0 unspecified atom stereocenters. The van der Waals surface area contributed by atoms with E-state index in [-0.39, 0.29) is 0 Å². The predicted molar refractivity (Wildman–Crippen MR) is 274 cm³/mol. The Kier molecular flexibility index (Phi) is 17.4. The number of ether oxygens (including phenoxy) is 6. The molecule has 7 aromatic carbocycles. The van der Waals surface area contributed by atoms with Gasteiger partial charge in [0, 0.05) is 47.4 Å². The number of aliphatic imine (C=N–C) groups is 3. The molecule has 1 N–H and O–H groups in total. The monoisotopic (exact) mass is 902 g/mol. The van der Waals surface area contributed by atoms with Crippen molar-refractivity contribution in [2.45, 2.75) is 26.0 Å². The van der Waals surface area contributed by atoms with Crippen molar-refractivity contribution < 1.29 is 28.4 Å². The third-order valence-electron chi connectivity index (χ3n) is 10.8. The molecule has 0 fully saturated rings. The quantitative estimate of drug-likeness (QED) is 0.162. The van der Waals surface area contributed by atoms with Gasteiger partial charge in [-0.3, -0.25) is 15.0 Å². The number of hydrogen-bond donors (Lipinski definition) is 1. The van der Waals surface area contributed by atoms with Crippen LogP contribution in [-0.4, -0.2) is 51.9 Å². The first kappa shape index (κ1) is 46.3. The molecule has 68 heavy (non-hydrogen) atoms. The summed E-state index contributed by atoms with van der Waals surface area (Å²) in [6.07, 6.45) is 15.6. The van der Waals surface area contributed by atoms with Gasteiger partial charge in [-0.05, 0) is 83.3 Å². The summed E-state index contributed by atoms with van der Waals surface area (Å²) in [5.74, 6) is 4.64. The van der Waals surface area contributed by atoms with Crippen molar-refractivity contribution in [2.75, 3.05) is 38.6 Å². The number of rotatable bonds is 0. The van der Waals surface area contributed by atoms with Crippen molar-refractivity contribution in [3.8, 4) is 28.7 Å². The molecule has 0 spiro atoms. The molecule has 0 amide bonds. The normalized spacial score (nSPS) is 14.3. The summed E-state index contributed by atoms with van der Waals surface area (Å²) in [5.41, 5.74) is 11.0. The van der Waals surface area contributed by atoms with Crippen LogP contribution in [0.4, 0.5) is 11.4 Å². The van der Waals surface area contributed by atoms with E-state index in [1.54, 1.807) is 6.26 Å². The Hall–Kier alpha value is -8.21. The zero-order valence-electron chi connectivity index (χ0n) is 37.9. The summed E-state index contributed by atoms with van der Waals surface area (Å²) < 4.78 is 31.5. The molecule has 342 valence electrons. The van der Waals surface area contributed by atoms with E-state index in [0.717, 1.165) is 59.4 Å². The second-order valence-corrected chi connectivity index (χ2v) is 15.5. The lowest BCUT2D eigenvalue weighted by molar-refractivity contribution is -0.0163. The number of para-hydroxylation sites is 7. The number of nitrogens with one attached hydrogen (secondary N) is 1. The first-order valence-electron chi connectivity index (χ1n) is 22.7. The first-order chi connectivity index (χ1) is 33.8. The van der Waals surface area contributed by atoms with Gasteiger partial charge in [-0.25, -0.2) is 0 Å². The summed E-state index contributed by atoms with van der Waals surface area (Å²) >= 11 is 0. The number of nitrogens with zero attached hydrogens (tertiary/aromatic N) is 3. The third kappa shape index (κ3) is 13.9. The predicted octanol–water partition coefficient (Wildman–Crippen LogP) is 12.3. The van der Waals surface area contributed by atoms with Gasteiger partial charge in [0.1, 0.15) is 43.7 Å². The number of allylic oxidation sites excluding steroid dienone is 1. The van der Waals surface area contributed by atoms with Crippen LogP contribution >= 0.6 is 0 Å². The van der Waals surface area contributed by atoms with E-state index >= 15 is 0 Å². The molecule has 14 rings (SSSR count). The molecule has 0 saturated heterocycles. The van der Waals surface area contributed by atoms with Crippen LogP contribution in [-0.2, 0) is 30.7 Å². The van der Waals surface area contributed by atoms with Gasteiger partial charge >= 0.3 is 0 Å². The zero-order chi connectivity index (χ0) is 46.3. The minimum atomic E-state index is 0.386. The zero-order valence-corrected chi connectivity index (χ0v) is 37.9. The third-order valence-corrected chi connectivity index (χ3v) is 10.8. The van der Waals surface area contributed by atoms with Crippen LogP contribution in [0.5, 0.6) is 28.7 Å². The molecule has 0 aromatic heterocycles. The van der Waals surface area contributed by atoms with Crippen LogP contribution in [0.25, 0.3) is 6.08 Å². The lowest BCUT2D eigenvalue weighted by atomic mass is 10.1. The van der Waals surface area contributed by atoms with Gasteiger partial charge in [0.25, 0.3) is 0 Å². The molecular formula is C58H54N4O6. The molecule has 7 heterocycles. The molecule has 0 atom stereocenters. The molecule has 7 aliphatic heterocycles. The minimum Gasteiger partial charge on any atom is -0.489 e. The lowest BCUT2D eigenvalue weighted by Crippen LogP contribution is -2.14. The smallest absolute Gasteiger partial charge is 0.189 e. The van der Waals surface area contributed by atoms with Crippen molar-refractivity contribution in [2.24, 2.45) is 15.0 Å². The van der Waals surface area contributed by atoms with E-state index in [1.165, 1.54) is 39.1 Å². The number of fused-ring (bicyclic) bond motifs is 7. The van der Waals surface area contributed by atoms with Gasteiger partial charge < -0.3 is 33.7 Å². The molecule has 0 radical (unpaired) electrons. The van der Waals surface area contributed by atoms with Crippen LogP contribution in [0, 0.1) is 0 Å². The van der Waals surface area contributed by atoms with Gasteiger partial charge in [0.05, 0.1) is 25.1 Å². The van der Waals surface area contributed by atoms with Crippen molar-refractivity contribution in [1.29, 1.82) is 0 Å². The van der Waals surface area contributed by atoms with Crippen molar-refractivity contribution in [1.82, 2.24) is 0 Å². The number of hydrogen-bond acceptors (Lipinski definition) is 10. The standard InChI is InChI=1S/2C9H8O.C8H8N2.2C8H7N.2C8H8O2/c2*1-2-6-9-8(4-1)5-3-7-10-9;1-2-4-8-7(3-1)5-9-6-10-8;1-2-4-8-6-9-5-7(8)3-1;1-2-4-8-7(3-1)5-6-9-8;1-2-4-8-7(3-1)5-9-6-10-8;1-2-4-8-7(3-1)9-5-6-10-8/h1-4,6-7H,5H2;1-6H,7H2;1-5,10H,6H2;1-5H,6H2;1-4,6H,5H2;2*1-4H,5-6H2. The Morgan fingerprint density at radius 2 is 1.07 bits per heavy atom. The minimum absolute atomic E-state index is 0.386. The number of anilines is 1. The fourth-order valence-electron chi connectivity index (χ4n) is 7.30. The Balaban J connectivity index is 0.000000107. The Morgan fingerprint density at radius 1 is 0.456 bits per heavy atom. The molecule has 7 aliphatic rings. The topological polar surface area (TPSA) is 104 Å². The fraction of sp³-hybridized carbons (Fsp3) is 0.155. The Labute approximate surface area is 398 Å². The van der Waals surface area contributed by atoms with Crippen molar-refractivity contribution >= 4 is 36.1 Å². The molecule has 10 nitrogen and oxygen atoms in total. The Bertz CT molecular complexity index is 2610. The highest BCUT2D eigenvalue weighted by atomic mass is 16.7. The van der Waals surface area contributed by atoms with Crippen LogP contribution in [0.15, 0.2) is 203 Å². The van der Waals surface area contributed by atoms with Crippen molar-refractivity contribution in [3.63, 3.8) is 0 Å². The first-order valence-corrected chi connectivity index (χ1v) is 22.7. The highest BCUT2D eigenvalue weighted by Crippen LogP contribution is 2.29. The molecule has 0 saturated carbocycles. The highest BCUT2D eigenvalue weighted by molar-refractivity contribution is 5.89. The highest BCUT2D eigenvalue weighted by Gasteiger charge is 2.09. The summed E-state index contributed by atoms with van der Waals surface area (Å²) in [4.78, 5) is 12.4. The largest absolute Gasteiger partial charge is 0.489 e. The van der Waals surface area contributed by atoms with E-state index < -0.39 is 0 Å². The average Bonchev–Trinajstić information content (AvgIpc) is 4.13. The summed E-state index contributed by atoms with van der Waals surface area (Å²) in [7, 11) is 0. The molecular weight excluding hydrogens is 849 g/mol. The lowest BCUT2D eigenvalue weighted by Gasteiger charge is -2.17. The summed E-state index contributed by atoms with van der Waals surface area (Å²) in [6, 6.07) is 56.4. The second kappa shape index (κ2) is 25.5. The maximum atomic E-state index is 5.34. The molecule has 0 aliphatic carbocycles. The van der Waals surface area contributed by atoms with Gasteiger partial charge in [0.2, 0.25) is 0 Å². The van der Waals surface area contributed by atoms with E-state index in [1.807, 2.05) is 170 Å². The second-order valence-electron chi connectivity index (χ2n) is 15.5. The maximum absolute atomic E-state index is 5.34. The van der Waals surface area contributed by atoms with Crippen LogP contribution in [0.2, 0.25) is 0 Å². The van der Waals surface area contributed by atoms with Crippen LogP contribution in [0.3, 0.4) is 0 Å². The molecule has 0 bridgehead atoms. The van der Waals surface area contributed by atoms with E-state index in [4.69, 9.17) is 28.4 Å². The van der Waals surface area contributed by atoms with E-state index in [0.29, 0.717) is 39.9 Å². The maximum Gasteiger partial charge on any atom is 0.189 e.